The first kappa shape index (κ1) is 60.1. The maximum Gasteiger partial charge on any atom is 0.306 e. The molecule has 0 fully saturated rings. The molecule has 0 radical (unpaired) electrons. The van der Waals surface area contributed by atoms with E-state index in [9.17, 15) is 14.4 Å². The molecule has 0 saturated carbocycles. The Morgan fingerprint density at radius 3 is 0.968 bits per heavy atom. The van der Waals surface area contributed by atoms with Crippen molar-refractivity contribution >= 4 is 17.9 Å². The predicted molar refractivity (Wildman–Crippen MR) is 270 cm³/mol. The highest BCUT2D eigenvalue weighted by atomic mass is 16.6. The summed E-state index contributed by atoms with van der Waals surface area (Å²) in [6, 6.07) is 0. The molecule has 1 atom stereocenters. The van der Waals surface area contributed by atoms with Crippen molar-refractivity contribution in [1.82, 2.24) is 0 Å². The molecule has 0 amide bonds. The fraction of sp³-hybridized carbons (Fsp3) is 0.772. The van der Waals surface area contributed by atoms with Gasteiger partial charge in [0.15, 0.2) is 6.10 Å². The summed E-state index contributed by atoms with van der Waals surface area (Å²) >= 11 is 0. The maximum atomic E-state index is 12.8. The van der Waals surface area contributed by atoms with Gasteiger partial charge in [0, 0.05) is 19.3 Å². The Balaban J connectivity index is 4.42. The summed E-state index contributed by atoms with van der Waals surface area (Å²) in [5, 5.41) is 0. The van der Waals surface area contributed by atoms with Gasteiger partial charge < -0.3 is 14.2 Å². The molecule has 63 heavy (non-hydrogen) atoms. The Hall–Kier alpha value is -2.89. The lowest BCUT2D eigenvalue weighted by Gasteiger charge is -2.18. The van der Waals surface area contributed by atoms with E-state index in [1.54, 1.807) is 0 Å². The highest BCUT2D eigenvalue weighted by molar-refractivity contribution is 5.71. The summed E-state index contributed by atoms with van der Waals surface area (Å²) in [7, 11) is 0. The SMILES string of the molecule is CCCCC/C=C\C/C=C\C/C=C\C/C=C\CCCCCC(=O)OC[C@@H](COC(=O)CCCCCCCCCCCCCCC)OC(=O)CCCCCCC/C=C\CCCCCC. The van der Waals surface area contributed by atoms with Crippen LogP contribution < -0.4 is 0 Å². The van der Waals surface area contributed by atoms with E-state index in [0.29, 0.717) is 19.3 Å². The standard InChI is InChI=1S/C57H100O6/c1-4-7-10-13-16-19-22-25-26-27-28-29-30-33-35-38-41-44-47-50-56(59)62-53-54(63-57(60)51-48-45-42-39-36-32-24-21-18-15-12-9-6-3)52-61-55(58)49-46-43-40-37-34-31-23-20-17-14-11-8-5-2/h16,19,21,24-26,28-29,33,35,54H,4-15,17-18,20,22-23,27,30-32,34,36-53H2,1-3H3/b19-16-,24-21-,26-25-,29-28-,35-33-/t54-/m1/s1. The molecule has 0 aromatic carbocycles. The molecule has 0 unspecified atom stereocenters. The number of carbonyl (C=O) groups is 3. The fourth-order valence-corrected chi connectivity index (χ4v) is 7.42. The lowest BCUT2D eigenvalue weighted by molar-refractivity contribution is -0.167. The fourth-order valence-electron chi connectivity index (χ4n) is 7.42. The third-order valence-corrected chi connectivity index (χ3v) is 11.5. The molecule has 0 saturated heterocycles. The Bertz CT molecular complexity index is 1150. The Morgan fingerprint density at radius 1 is 0.317 bits per heavy atom. The Labute approximate surface area is 390 Å². The van der Waals surface area contributed by atoms with Gasteiger partial charge in [0.1, 0.15) is 13.2 Å². The average molecular weight is 881 g/mol. The van der Waals surface area contributed by atoms with Crippen LogP contribution in [0.4, 0.5) is 0 Å². The maximum absolute atomic E-state index is 12.8. The van der Waals surface area contributed by atoms with E-state index >= 15 is 0 Å². The van der Waals surface area contributed by atoms with Gasteiger partial charge in [-0.2, -0.15) is 0 Å². The molecule has 0 aliphatic carbocycles. The van der Waals surface area contributed by atoms with Gasteiger partial charge in [0.25, 0.3) is 0 Å². The molecule has 0 spiro atoms. The largest absolute Gasteiger partial charge is 0.462 e. The van der Waals surface area contributed by atoms with E-state index in [1.807, 2.05) is 0 Å². The third-order valence-electron chi connectivity index (χ3n) is 11.5. The highest BCUT2D eigenvalue weighted by Crippen LogP contribution is 2.15. The van der Waals surface area contributed by atoms with E-state index in [0.717, 1.165) is 96.3 Å². The van der Waals surface area contributed by atoms with E-state index in [4.69, 9.17) is 14.2 Å². The van der Waals surface area contributed by atoms with Gasteiger partial charge in [0.05, 0.1) is 0 Å². The number of allylic oxidation sites excluding steroid dienone is 10. The third kappa shape index (κ3) is 50.0. The molecular weight excluding hydrogens is 781 g/mol. The molecule has 364 valence electrons. The number of rotatable bonds is 48. The molecule has 0 rings (SSSR count). The van der Waals surface area contributed by atoms with Crippen LogP contribution in [0.15, 0.2) is 60.8 Å². The van der Waals surface area contributed by atoms with Crippen LogP contribution in [-0.4, -0.2) is 37.2 Å². The molecule has 0 aromatic heterocycles. The van der Waals surface area contributed by atoms with Crippen LogP contribution in [0.2, 0.25) is 0 Å². The van der Waals surface area contributed by atoms with E-state index in [-0.39, 0.29) is 31.1 Å². The van der Waals surface area contributed by atoms with Gasteiger partial charge >= 0.3 is 17.9 Å². The van der Waals surface area contributed by atoms with Crippen LogP contribution in [0.5, 0.6) is 0 Å². The second-order valence-corrected chi connectivity index (χ2v) is 17.8. The minimum atomic E-state index is -0.789. The first-order chi connectivity index (χ1) is 31.0. The molecular formula is C57H100O6. The molecule has 0 aliphatic heterocycles. The molecule has 0 N–H and O–H groups in total. The van der Waals surface area contributed by atoms with Crippen LogP contribution in [0.1, 0.15) is 265 Å². The van der Waals surface area contributed by atoms with E-state index in [1.165, 1.54) is 128 Å². The predicted octanol–water partition coefficient (Wildman–Crippen LogP) is 17.6. The monoisotopic (exact) mass is 881 g/mol. The summed E-state index contributed by atoms with van der Waals surface area (Å²) in [4.78, 5) is 38.0. The van der Waals surface area contributed by atoms with Crippen LogP contribution in [0.3, 0.4) is 0 Å². The molecule has 6 heteroatoms. The zero-order chi connectivity index (χ0) is 45.8. The molecule has 6 nitrogen and oxygen atoms in total. The number of esters is 3. The van der Waals surface area contributed by atoms with Crippen molar-refractivity contribution in [2.24, 2.45) is 0 Å². The number of hydrogen-bond acceptors (Lipinski definition) is 6. The van der Waals surface area contributed by atoms with Gasteiger partial charge in [-0.3, -0.25) is 14.4 Å². The molecule has 0 bridgehead atoms. The second kappa shape index (κ2) is 51.7. The zero-order valence-electron chi connectivity index (χ0n) is 41.6. The van der Waals surface area contributed by atoms with Crippen molar-refractivity contribution in [3.05, 3.63) is 60.8 Å². The minimum absolute atomic E-state index is 0.0858. The van der Waals surface area contributed by atoms with Crippen molar-refractivity contribution in [3.8, 4) is 0 Å². The summed E-state index contributed by atoms with van der Waals surface area (Å²) in [6.45, 7) is 6.57. The first-order valence-corrected chi connectivity index (χ1v) is 26.8. The van der Waals surface area contributed by atoms with Crippen LogP contribution >= 0.6 is 0 Å². The second-order valence-electron chi connectivity index (χ2n) is 17.8. The van der Waals surface area contributed by atoms with Crippen molar-refractivity contribution in [2.75, 3.05) is 13.2 Å². The van der Waals surface area contributed by atoms with Crippen LogP contribution in [0, 0.1) is 0 Å². The summed E-state index contributed by atoms with van der Waals surface area (Å²) < 4.78 is 16.8. The molecule has 0 heterocycles. The summed E-state index contributed by atoms with van der Waals surface area (Å²) in [5.74, 6) is -0.921. The van der Waals surface area contributed by atoms with Crippen molar-refractivity contribution in [3.63, 3.8) is 0 Å². The van der Waals surface area contributed by atoms with Crippen molar-refractivity contribution in [2.45, 2.75) is 271 Å². The Morgan fingerprint density at radius 2 is 0.571 bits per heavy atom. The Kier molecular flexibility index (Phi) is 49.4. The number of unbranched alkanes of at least 4 members (excludes halogenated alkanes) is 27. The lowest BCUT2D eigenvalue weighted by atomic mass is 10.0. The number of ether oxygens (including phenoxy) is 3. The van der Waals surface area contributed by atoms with Crippen LogP contribution in [-0.2, 0) is 28.6 Å². The van der Waals surface area contributed by atoms with Gasteiger partial charge in [-0.25, -0.2) is 0 Å². The van der Waals surface area contributed by atoms with Gasteiger partial charge in [-0.05, 0) is 89.9 Å². The van der Waals surface area contributed by atoms with E-state index < -0.39 is 6.10 Å². The van der Waals surface area contributed by atoms with Gasteiger partial charge in [-0.1, -0.05) is 216 Å². The van der Waals surface area contributed by atoms with Crippen molar-refractivity contribution < 1.29 is 28.6 Å². The normalized spacial score (nSPS) is 12.5. The average Bonchev–Trinajstić information content (AvgIpc) is 3.28. The molecule has 0 aliphatic rings. The summed E-state index contributed by atoms with van der Waals surface area (Å²) in [5.41, 5.74) is 0. The number of hydrogen-bond donors (Lipinski definition) is 0. The minimum Gasteiger partial charge on any atom is -0.462 e. The van der Waals surface area contributed by atoms with Crippen LogP contribution in [0.25, 0.3) is 0 Å². The first-order valence-electron chi connectivity index (χ1n) is 26.8. The van der Waals surface area contributed by atoms with Gasteiger partial charge in [0.2, 0.25) is 0 Å². The zero-order valence-corrected chi connectivity index (χ0v) is 41.6. The smallest absolute Gasteiger partial charge is 0.306 e. The molecule has 0 aromatic rings. The van der Waals surface area contributed by atoms with Gasteiger partial charge in [-0.15, -0.1) is 0 Å². The topological polar surface area (TPSA) is 78.9 Å². The highest BCUT2D eigenvalue weighted by Gasteiger charge is 2.19. The number of carbonyl (C=O) groups excluding carboxylic acids is 3. The quantitative estimate of drug-likeness (QED) is 0.0262. The van der Waals surface area contributed by atoms with Crippen molar-refractivity contribution in [1.29, 1.82) is 0 Å². The van der Waals surface area contributed by atoms with E-state index in [2.05, 4.69) is 81.5 Å². The lowest BCUT2D eigenvalue weighted by Crippen LogP contribution is -2.30. The summed E-state index contributed by atoms with van der Waals surface area (Å²) in [6.07, 6.45) is 63.4.